The molecule has 0 aromatic carbocycles. The maximum Gasteiger partial charge on any atom is 0.225 e. The van der Waals surface area contributed by atoms with Gasteiger partial charge in [-0.3, -0.25) is 4.79 Å². The van der Waals surface area contributed by atoms with E-state index < -0.39 is 5.41 Å². The van der Waals surface area contributed by atoms with Gasteiger partial charge in [0.25, 0.3) is 0 Å². The maximum absolute atomic E-state index is 11.3. The van der Waals surface area contributed by atoms with Crippen molar-refractivity contribution in [2.45, 2.75) is 13.3 Å². The summed E-state index contributed by atoms with van der Waals surface area (Å²) in [6.45, 7) is 3.17. The number of aromatic nitrogens is 2. The van der Waals surface area contributed by atoms with Crippen LogP contribution in [0.2, 0.25) is 0 Å². The summed E-state index contributed by atoms with van der Waals surface area (Å²) in [6.07, 6.45) is 3.85. The zero-order valence-electron chi connectivity index (χ0n) is 9.18. The summed E-state index contributed by atoms with van der Waals surface area (Å²) in [5.41, 5.74) is 10.9. The van der Waals surface area contributed by atoms with E-state index in [0.29, 0.717) is 18.2 Å². The van der Waals surface area contributed by atoms with Gasteiger partial charge in [-0.25, -0.2) is 9.97 Å². The number of hydrogen-bond acceptors (Lipinski definition) is 5. The third kappa shape index (κ3) is 1.78. The van der Waals surface area contributed by atoms with Gasteiger partial charge in [0.05, 0.1) is 23.5 Å². The average molecular weight is 221 g/mol. The van der Waals surface area contributed by atoms with Gasteiger partial charge >= 0.3 is 0 Å². The predicted molar refractivity (Wildman–Crippen MR) is 60.6 cm³/mol. The van der Waals surface area contributed by atoms with Crippen LogP contribution < -0.4 is 16.4 Å². The van der Waals surface area contributed by atoms with Gasteiger partial charge in [-0.15, -0.1) is 0 Å². The first kappa shape index (κ1) is 10.7. The molecule has 2 rings (SSSR count). The van der Waals surface area contributed by atoms with Crippen molar-refractivity contribution in [3.8, 4) is 0 Å². The molecule has 0 bridgehead atoms. The number of nitrogens with zero attached hydrogens (tertiary/aromatic N) is 3. The molecule has 6 nitrogen and oxygen atoms in total. The molecule has 2 heterocycles. The molecule has 1 aliphatic rings. The van der Waals surface area contributed by atoms with Crippen molar-refractivity contribution < 1.29 is 4.79 Å². The highest BCUT2D eigenvalue weighted by atomic mass is 16.1. The second-order valence-corrected chi connectivity index (χ2v) is 4.41. The molecule has 1 fully saturated rings. The fourth-order valence-corrected chi connectivity index (χ4v) is 1.83. The highest BCUT2D eigenvalue weighted by Gasteiger charge is 2.39. The Morgan fingerprint density at radius 2 is 2.12 bits per heavy atom. The maximum atomic E-state index is 11.3. The summed E-state index contributed by atoms with van der Waals surface area (Å²) in [5, 5.41) is 0. The minimum Gasteiger partial charge on any atom is -0.396 e. The molecule has 16 heavy (non-hydrogen) atoms. The van der Waals surface area contributed by atoms with Crippen LogP contribution in [-0.4, -0.2) is 29.0 Å². The molecule has 0 spiro atoms. The summed E-state index contributed by atoms with van der Waals surface area (Å²) < 4.78 is 0. The first-order chi connectivity index (χ1) is 7.51. The van der Waals surface area contributed by atoms with E-state index in [-0.39, 0.29) is 5.91 Å². The van der Waals surface area contributed by atoms with Crippen molar-refractivity contribution in [3.05, 3.63) is 12.4 Å². The Balaban J connectivity index is 2.15. The second-order valence-electron chi connectivity index (χ2n) is 4.41. The summed E-state index contributed by atoms with van der Waals surface area (Å²) in [7, 11) is 0. The van der Waals surface area contributed by atoms with E-state index in [2.05, 4.69) is 9.97 Å². The van der Waals surface area contributed by atoms with Crippen molar-refractivity contribution in [2.75, 3.05) is 23.7 Å². The lowest BCUT2D eigenvalue weighted by Crippen LogP contribution is -2.37. The molecule has 1 aromatic heterocycles. The molecule has 0 saturated carbocycles. The van der Waals surface area contributed by atoms with Crippen molar-refractivity contribution in [2.24, 2.45) is 11.1 Å². The number of carbonyl (C=O) groups is 1. The van der Waals surface area contributed by atoms with Crippen LogP contribution in [-0.2, 0) is 4.79 Å². The predicted octanol–water partition coefficient (Wildman–Crippen LogP) is -0.239. The fourth-order valence-electron chi connectivity index (χ4n) is 1.83. The number of rotatable bonds is 2. The molecule has 1 unspecified atom stereocenters. The van der Waals surface area contributed by atoms with Gasteiger partial charge < -0.3 is 16.4 Å². The lowest BCUT2D eigenvalue weighted by Gasteiger charge is -2.20. The van der Waals surface area contributed by atoms with Crippen LogP contribution in [0, 0.1) is 5.41 Å². The smallest absolute Gasteiger partial charge is 0.225 e. The van der Waals surface area contributed by atoms with Gasteiger partial charge in [-0.05, 0) is 13.3 Å². The first-order valence-electron chi connectivity index (χ1n) is 5.14. The van der Waals surface area contributed by atoms with Crippen molar-refractivity contribution in [1.82, 2.24) is 9.97 Å². The molecule has 6 heteroatoms. The number of primary amides is 1. The average Bonchev–Trinajstić information content (AvgIpc) is 2.63. The summed E-state index contributed by atoms with van der Waals surface area (Å²) >= 11 is 0. The summed E-state index contributed by atoms with van der Waals surface area (Å²) in [4.78, 5) is 21.5. The van der Waals surface area contributed by atoms with Gasteiger partial charge in [0, 0.05) is 13.1 Å². The molecule has 1 atom stereocenters. The molecule has 1 aliphatic heterocycles. The zero-order valence-corrected chi connectivity index (χ0v) is 9.18. The number of nitrogens with two attached hydrogens (primary N) is 2. The summed E-state index contributed by atoms with van der Waals surface area (Å²) in [5.74, 6) is 0.324. The molecule has 86 valence electrons. The molecular weight excluding hydrogens is 206 g/mol. The number of anilines is 2. The largest absolute Gasteiger partial charge is 0.396 e. The molecule has 4 N–H and O–H groups in total. The van der Waals surface area contributed by atoms with Crippen LogP contribution in [0.3, 0.4) is 0 Å². The Kier molecular flexibility index (Phi) is 2.41. The first-order valence-corrected chi connectivity index (χ1v) is 5.14. The Morgan fingerprint density at radius 3 is 2.62 bits per heavy atom. The Morgan fingerprint density at radius 1 is 1.50 bits per heavy atom. The van der Waals surface area contributed by atoms with E-state index >= 15 is 0 Å². The second kappa shape index (κ2) is 3.62. The Labute approximate surface area is 93.7 Å². The molecular formula is C10H15N5O. The van der Waals surface area contributed by atoms with E-state index in [1.807, 2.05) is 11.8 Å². The van der Waals surface area contributed by atoms with Crippen molar-refractivity contribution in [3.63, 3.8) is 0 Å². The van der Waals surface area contributed by atoms with Crippen LogP contribution in [0.15, 0.2) is 12.4 Å². The van der Waals surface area contributed by atoms with Crippen LogP contribution in [0.4, 0.5) is 11.6 Å². The molecule has 0 radical (unpaired) electrons. The van der Waals surface area contributed by atoms with E-state index in [0.717, 1.165) is 13.0 Å². The number of amides is 1. The monoisotopic (exact) mass is 221 g/mol. The highest BCUT2D eigenvalue weighted by molar-refractivity contribution is 5.81. The Bertz CT molecular complexity index is 404. The molecule has 1 amide bonds. The third-order valence-electron chi connectivity index (χ3n) is 3.01. The topological polar surface area (TPSA) is 98.1 Å². The number of nitrogen functional groups attached to an aromatic ring is 1. The molecule has 1 saturated heterocycles. The zero-order chi connectivity index (χ0) is 11.8. The lowest BCUT2D eigenvalue weighted by molar-refractivity contribution is -0.125. The van der Waals surface area contributed by atoms with Crippen LogP contribution in [0.25, 0.3) is 0 Å². The van der Waals surface area contributed by atoms with Crippen LogP contribution >= 0.6 is 0 Å². The summed E-state index contributed by atoms with van der Waals surface area (Å²) in [6, 6.07) is 0. The quantitative estimate of drug-likeness (QED) is 0.718. The van der Waals surface area contributed by atoms with Crippen molar-refractivity contribution >= 4 is 17.5 Å². The normalized spacial score (nSPS) is 24.7. The highest BCUT2D eigenvalue weighted by Crippen LogP contribution is 2.31. The van der Waals surface area contributed by atoms with Gasteiger partial charge in [0.15, 0.2) is 0 Å². The fraction of sp³-hybridized carbons (Fsp3) is 0.500. The lowest BCUT2D eigenvalue weighted by atomic mass is 9.89. The van der Waals surface area contributed by atoms with Gasteiger partial charge in [0.1, 0.15) is 0 Å². The molecule has 0 aliphatic carbocycles. The SMILES string of the molecule is CC1(C(N)=O)CCN(c2ncc(N)cn2)C1. The molecule has 1 aromatic rings. The third-order valence-corrected chi connectivity index (χ3v) is 3.01. The van der Waals surface area contributed by atoms with Crippen LogP contribution in [0.5, 0.6) is 0 Å². The number of hydrogen-bond donors (Lipinski definition) is 2. The minimum atomic E-state index is -0.481. The van der Waals surface area contributed by atoms with Gasteiger partial charge in [0.2, 0.25) is 11.9 Å². The van der Waals surface area contributed by atoms with E-state index in [1.54, 1.807) is 12.4 Å². The van der Waals surface area contributed by atoms with Gasteiger partial charge in [-0.2, -0.15) is 0 Å². The van der Waals surface area contributed by atoms with Crippen molar-refractivity contribution in [1.29, 1.82) is 0 Å². The standard InChI is InChI=1S/C10H15N5O/c1-10(8(12)16)2-3-15(6-10)9-13-4-7(11)5-14-9/h4-5H,2-3,6,11H2,1H3,(H2,12,16). The van der Waals surface area contributed by atoms with Gasteiger partial charge in [-0.1, -0.05) is 0 Å². The number of carbonyl (C=O) groups excluding carboxylic acids is 1. The van der Waals surface area contributed by atoms with E-state index in [4.69, 9.17) is 11.5 Å². The minimum absolute atomic E-state index is 0.273. The van der Waals surface area contributed by atoms with E-state index in [9.17, 15) is 4.79 Å². The van der Waals surface area contributed by atoms with Crippen LogP contribution in [0.1, 0.15) is 13.3 Å². The van der Waals surface area contributed by atoms with E-state index in [1.165, 1.54) is 0 Å². The Hall–Kier alpha value is -1.85.